The van der Waals surface area contributed by atoms with Crippen LogP contribution in [0.2, 0.25) is 0 Å². The van der Waals surface area contributed by atoms with Gasteiger partial charge in [-0.1, -0.05) is 75.2 Å². The smallest absolute Gasteiger partial charge is 0.345 e. The molecule has 0 aliphatic carbocycles. The van der Waals surface area contributed by atoms with Gasteiger partial charge in [0.2, 0.25) is 0 Å². The largest absolute Gasteiger partial charge is 0.506 e. The molecule has 0 aliphatic rings. The number of hydrogen-bond donors (Lipinski definition) is 2. The summed E-state index contributed by atoms with van der Waals surface area (Å²) in [5, 5.41) is 31.2. The highest BCUT2D eigenvalue weighted by atomic mass is 32.1. The highest BCUT2D eigenvalue weighted by molar-refractivity contribution is 7.25. The van der Waals surface area contributed by atoms with Crippen LogP contribution in [0.25, 0.3) is 30.1 Å². The minimum Gasteiger partial charge on any atom is -0.506 e. The van der Waals surface area contributed by atoms with Crippen LogP contribution in [0.1, 0.15) is 54.5 Å². The molecule has 0 saturated heterocycles. The number of thiophene rings is 4. The first-order valence-electron chi connectivity index (χ1n) is 14.6. The Labute approximate surface area is 272 Å². The molecule has 7 aromatic rings. The Morgan fingerprint density at radius 2 is 1.20 bits per heavy atom. The predicted octanol–water partition coefficient (Wildman–Crippen LogP) is 10.4. The molecule has 2 N–H and O–H groups in total. The molecule has 5 aromatic heterocycles. The molecule has 0 fully saturated rings. The quantitative estimate of drug-likeness (QED) is 0.171. The highest BCUT2D eigenvalue weighted by Crippen LogP contribution is 2.47. The van der Waals surface area contributed by atoms with E-state index < -0.39 is 5.60 Å². The molecule has 0 radical (unpaired) electrons. The second-order valence-corrected chi connectivity index (χ2v) is 14.2. The third-order valence-electron chi connectivity index (χ3n) is 7.65. The minimum atomic E-state index is -1.30. The van der Waals surface area contributed by atoms with Crippen molar-refractivity contribution in [2.45, 2.75) is 45.1 Å². The summed E-state index contributed by atoms with van der Waals surface area (Å²) in [4.78, 5) is 13.1. The zero-order valence-corrected chi connectivity index (χ0v) is 27.7. The Kier molecular flexibility index (Phi) is 9.16. The first-order chi connectivity index (χ1) is 21.4. The molecule has 0 spiro atoms. The van der Waals surface area contributed by atoms with Gasteiger partial charge < -0.3 is 14.6 Å². The van der Waals surface area contributed by atoms with Crippen molar-refractivity contribution in [3.8, 4) is 15.5 Å². The van der Waals surface area contributed by atoms with Crippen LogP contribution >= 0.6 is 45.3 Å². The maximum atomic E-state index is 12.4. The molecule has 0 saturated carbocycles. The Bertz CT molecular complexity index is 1990. The van der Waals surface area contributed by atoms with Crippen molar-refractivity contribution in [1.29, 1.82) is 0 Å². The van der Waals surface area contributed by atoms with Crippen molar-refractivity contribution in [1.82, 2.24) is 0 Å². The lowest BCUT2D eigenvalue weighted by molar-refractivity contribution is 0.126. The molecule has 5 heterocycles. The summed E-state index contributed by atoms with van der Waals surface area (Å²) < 4.78 is 7.25. The number of aryl methyl sites for hydroxylation is 2. The topological polar surface area (TPSA) is 70.7 Å². The number of rotatable bonds is 8. The van der Waals surface area contributed by atoms with Gasteiger partial charge in [0.05, 0.1) is 24.5 Å². The van der Waals surface area contributed by atoms with Crippen LogP contribution in [0.4, 0.5) is 0 Å². The van der Waals surface area contributed by atoms with E-state index in [4.69, 9.17) is 4.42 Å². The molecule has 0 amide bonds. The summed E-state index contributed by atoms with van der Waals surface area (Å²) in [6, 6.07) is 24.0. The zero-order chi connectivity index (χ0) is 30.7. The summed E-state index contributed by atoms with van der Waals surface area (Å²) >= 11 is 6.24. The van der Waals surface area contributed by atoms with E-state index in [9.17, 15) is 15.0 Å². The summed E-state index contributed by atoms with van der Waals surface area (Å²) in [7, 11) is 0. The van der Waals surface area contributed by atoms with E-state index in [-0.39, 0.29) is 11.4 Å². The van der Waals surface area contributed by atoms with Gasteiger partial charge in [0.15, 0.2) is 5.58 Å². The molecule has 8 heteroatoms. The second-order valence-electron chi connectivity index (χ2n) is 10.6. The maximum Gasteiger partial charge on any atom is 0.345 e. The van der Waals surface area contributed by atoms with Crippen LogP contribution in [-0.4, -0.2) is 10.2 Å². The minimum absolute atomic E-state index is 0.234. The van der Waals surface area contributed by atoms with Crippen molar-refractivity contribution >= 4 is 65.7 Å². The van der Waals surface area contributed by atoms with Crippen molar-refractivity contribution in [2.24, 2.45) is 0 Å². The molecule has 4 nitrogen and oxygen atoms in total. The molecular weight excluding hydrogens is 625 g/mol. The normalized spacial score (nSPS) is 11.6. The standard InChI is InChI=1S/C27H28O2S2.C9H4O2S2/c1-3-5-19-7-11-21(12-8-19)27(29,22-13-9-20(6-4-2)10-14-22)23-15-17-30-25(23)26-24(28)16-18-31-26;10-9-5-1-3-12-7(5)8-6(11-9)2-4-13-8/h7-18,28-29H,3-6H2,1-2H3;1-4H. The lowest BCUT2D eigenvalue weighted by atomic mass is 9.79. The van der Waals surface area contributed by atoms with Gasteiger partial charge in [-0.25, -0.2) is 4.79 Å². The Balaban J connectivity index is 0.000000217. The number of aromatic hydroxyl groups is 1. The second kappa shape index (κ2) is 13.2. The average Bonchev–Trinajstić information content (AvgIpc) is 3.85. The van der Waals surface area contributed by atoms with E-state index in [1.807, 2.05) is 64.0 Å². The maximum absolute atomic E-state index is 12.4. The van der Waals surface area contributed by atoms with Gasteiger partial charge in [-0.15, -0.1) is 45.3 Å². The third kappa shape index (κ3) is 5.80. The molecular formula is C36H32O4S4. The Morgan fingerprint density at radius 1 is 0.659 bits per heavy atom. The van der Waals surface area contributed by atoms with Gasteiger partial charge in [-0.3, -0.25) is 0 Å². The van der Waals surface area contributed by atoms with Crippen molar-refractivity contribution < 1.29 is 14.6 Å². The van der Waals surface area contributed by atoms with Crippen LogP contribution in [0.5, 0.6) is 5.75 Å². The number of hydrogen-bond acceptors (Lipinski definition) is 8. The van der Waals surface area contributed by atoms with Crippen LogP contribution in [-0.2, 0) is 18.4 Å². The Hall–Kier alpha value is -3.53. The predicted molar refractivity (Wildman–Crippen MR) is 188 cm³/mol. The molecule has 7 rings (SSSR count). The van der Waals surface area contributed by atoms with Gasteiger partial charge in [0.1, 0.15) is 11.4 Å². The van der Waals surface area contributed by atoms with Crippen LogP contribution in [0.15, 0.2) is 104 Å². The van der Waals surface area contributed by atoms with E-state index in [2.05, 4.69) is 38.1 Å². The highest BCUT2D eigenvalue weighted by Gasteiger charge is 2.37. The van der Waals surface area contributed by atoms with Gasteiger partial charge in [-0.2, -0.15) is 0 Å². The van der Waals surface area contributed by atoms with E-state index in [1.54, 1.807) is 40.1 Å². The number of fused-ring (bicyclic) bond motifs is 3. The van der Waals surface area contributed by atoms with Crippen molar-refractivity contribution in [3.05, 3.63) is 133 Å². The summed E-state index contributed by atoms with van der Waals surface area (Å²) in [5.74, 6) is 0.257. The monoisotopic (exact) mass is 656 g/mol. The summed E-state index contributed by atoms with van der Waals surface area (Å²) in [5.41, 5.74) is 4.19. The van der Waals surface area contributed by atoms with Crippen molar-refractivity contribution in [3.63, 3.8) is 0 Å². The van der Waals surface area contributed by atoms with Gasteiger partial charge >= 0.3 is 5.63 Å². The van der Waals surface area contributed by atoms with Crippen molar-refractivity contribution in [2.75, 3.05) is 0 Å². The van der Waals surface area contributed by atoms with Crippen LogP contribution < -0.4 is 5.63 Å². The fourth-order valence-electron chi connectivity index (χ4n) is 5.47. The molecule has 0 aliphatic heterocycles. The summed E-state index contributed by atoms with van der Waals surface area (Å²) in [6.45, 7) is 4.35. The molecule has 44 heavy (non-hydrogen) atoms. The number of benzene rings is 2. The average molecular weight is 657 g/mol. The first-order valence-corrected chi connectivity index (χ1v) is 18.1. The SMILES string of the molecule is CCCc1ccc(C(O)(c2ccc(CCC)cc2)c2ccsc2-c2sccc2O)cc1.O=c1oc2ccsc2c2sccc12. The molecule has 2 aromatic carbocycles. The van der Waals surface area contributed by atoms with Crippen LogP contribution in [0, 0.1) is 0 Å². The van der Waals surface area contributed by atoms with E-state index in [0.29, 0.717) is 11.0 Å². The number of aliphatic hydroxyl groups is 1. The van der Waals surface area contributed by atoms with Gasteiger partial charge in [-0.05, 0) is 80.9 Å². The first kappa shape index (κ1) is 30.5. The fraction of sp³-hybridized carbons (Fsp3) is 0.194. The third-order valence-corrected chi connectivity index (χ3v) is 11.6. The molecule has 0 atom stereocenters. The van der Waals surface area contributed by atoms with Gasteiger partial charge in [0.25, 0.3) is 0 Å². The fourth-order valence-corrected chi connectivity index (χ4v) is 9.27. The van der Waals surface area contributed by atoms with Gasteiger partial charge in [0, 0.05) is 5.56 Å². The molecule has 0 unspecified atom stereocenters. The molecule has 224 valence electrons. The van der Waals surface area contributed by atoms with E-state index in [1.165, 1.54) is 22.5 Å². The molecule has 0 bridgehead atoms. The van der Waals surface area contributed by atoms with E-state index >= 15 is 0 Å². The zero-order valence-electron chi connectivity index (χ0n) is 24.4. The van der Waals surface area contributed by atoms with E-state index in [0.717, 1.165) is 61.5 Å². The van der Waals surface area contributed by atoms with Crippen LogP contribution in [0.3, 0.4) is 0 Å². The lowest BCUT2D eigenvalue weighted by Crippen LogP contribution is -2.29. The Morgan fingerprint density at radius 3 is 1.80 bits per heavy atom. The summed E-state index contributed by atoms with van der Waals surface area (Å²) in [6.07, 6.45) is 4.23. The lowest BCUT2D eigenvalue weighted by Gasteiger charge is -2.30.